The van der Waals surface area contributed by atoms with Gasteiger partial charge in [-0.1, -0.05) is 0 Å². The third kappa shape index (κ3) is 3.67. The number of aromatic nitrogens is 2. The van der Waals surface area contributed by atoms with E-state index in [1.165, 1.54) is 11.3 Å². The van der Waals surface area contributed by atoms with Gasteiger partial charge in [-0.3, -0.25) is 9.97 Å². The van der Waals surface area contributed by atoms with Crippen molar-refractivity contribution in [2.75, 3.05) is 0 Å². The Kier molecular flexibility index (Phi) is 4.41. The number of esters is 1. The summed E-state index contributed by atoms with van der Waals surface area (Å²) in [5.41, 5.74) is 2.18. The Bertz CT molecular complexity index is 728. The fraction of sp³-hybridized carbons (Fsp3) is 0.0625. The number of benzene rings is 1. The van der Waals surface area contributed by atoms with Gasteiger partial charge >= 0.3 is 5.97 Å². The van der Waals surface area contributed by atoms with Gasteiger partial charge in [0.15, 0.2) is 0 Å². The summed E-state index contributed by atoms with van der Waals surface area (Å²) in [5, 5.41) is 0. The summed E-state index contributed by atoms with van der Waals surface area (Å²) in [6, 6.07) is 10.4. The normalized spacial score (nSPS) is 10.2. The number of hydrogen-bond acceptors (Lipinski definition) is 6. The van der Waals surface area contributed by atoms with Crippen LogP contribution >= 0.6 is 11.3 Å². The first-order chi connectivity index (χ1) is 10.8. The Morgan fingerprint density at radius 1 is 1.05 bits per heavy atom. The number of carbonyl (C=O) groups excluding carboxylic acids is 1. The molecule has 3 aromatic rings. The molecule has 0 spiro atoms. The maximum absolute atomic E-state index is 11.9. The van der Waals surface area contributed by atoms with Crippen molar-refractivity contribution in [1.82, 2.24) is 9.97 Å². The summed E-state index contributed by atoms with van der Waals surface area (Å²) < 4.78 is 10.8. The van der Waals surface area contributed by atoms with Gasteiger partial charge in [0, 0.05) is 12.4 Å². The average molecular weight is 312 g/mol. The van der Waals surface area contributed by atoms with Crippen LogP contribution in [-0.2, 0) is 11.3 Å². The largest absolute Gasteiger partial charge is 0.456 e. The Balaban J connectivity index is 1.60. The van der Waals surface area contributed by atoms with Crippen molar-refractivity contribution in [3.05, 3.63) is 70.9 Å². The minimum absolute atomic E-state index is 0.234. The van der Waals surface area contributed by atoms with Crippen LogP contribution in [0.25, 0.3) is 0 Å². The molecular formula is C16H12N2O3S. The highest BCUT2D eigenvalue weighted by Crippen LogP contribution is 2.21. The van der Waals surface area contributed by atoms with E-state index in [2.05, 4.69) is 9.97 Å². The van der Waals surface area contributed by atoms with Crippen molar-refractivity contribution in [2.45, 2.75) is 6.61 Å². The van der Waals surface area contributed by atoms with Crippen LogP contribution < -0.4 is 4.74 Å². The highest BCUT2D eigenvalue weighted by Gasteiger charge is 2.08. The second-order valence-electron chi connectivity index (χ2n) is 4.36. The Labute approximate surface area is 131 Å². The lowest BCUT2D eigenvalue weighted by Gasteiger charge is -2.06. The highest BCUT2D eigenvalue weighted by atomic mass is 32.1. The van der Waals surface area contributed by atoms with Gasteiger partial charge in [0.05, 0.1) is 22.1 Å². The van der Waals surface area contributed by atoms with E-state index < -0.39 is 0 Å². The van der Waals surface area contributed by atoms with E-state index in [-0.39, 0.29) is 12.6 Å². The molecule has 0 N–H and O–H groups in total. The van der Waals surface area contributed by atoms with E-state index in [0.29, 0.717) is 17.1 Å². The molecule has 0 saturated carbocycles. The van der Waals surface area contributed by atoms with Crippen LogP contribution in [0.15, 0.2) is 60.5 Å². The molecule has 0 saturated heterocycles. The molecule has 1 aromatic carbocycles. The number of pyridine rings is 1. The molecule has 0 aliphatic heterocycles. The first kappa shape index (κ1) is 14.2. The number of rotatable bonds is 5. The lowest BCUT2D eigenvalue weighted by Crippen LogP contribution is -2.04. The van der Waals surface area contributed by atoms with E-state index in [4.69, 9.17) is 9.47 Å². The van der Waals surface area contributed by atoms with E-state index in [1.54, 1.807) is 54.4 Å². The topological polar surface area (TPSA) is 61.3 Å². The number of nitrogens with zero attached hydrogens (tertiary/aromatic N) is 2. The Morgan fingerprint density at radius 3 is 2.59 bits per heavy atom. The van der Waals surface area contributed by atoms with Crippen molar-refractivity contribution in [1.29, 1.82) is 0 Å². The van der Waals surface area contributed by atoms with Crippen LogP contribution in [-0.4, -0.2) is 15.9 Å². The SMILES string of the molecule is O=C(OCc1cncs1)c1ccc(Oc2cccnc2)cc1. The molecule has 110 valence electrons. The maximum Gasteiger partial charge on any atom is 0.338 e. The molecule has 0 atom stereocenters. The first-order valence-electron chi connectivity index (χ1n) is 6.54. The molecule has 0 aliphatic rings. The zero-order valence-corrected chi connectivity index (χ0v) is 12.3. The monoisotopic (exact) mass is 312 g/mol. The lowest BCUT2D eigenvalue weighted by atomic mass is 10.2. The highest BCUT2D eigenvalue weighted by molar-refractivity contribution is 7.09. The van der Waals surface area contributed by atoms with Crippen molar-refractivity contribution in [2.24, 2.45) is 0 Å². The van der Waals surface area contributed by atoms with Gasteiger partial charge in [-0.25, -0.2) is 4.79 Å². The van der Waals surface area contributed by atoms with Gasteiger partial charge in [-0.05, 0) is 36.4 Å². The average Bonchev–Trinajstić information content (AvgIpc) is 3.08. The van der Waals surface area contributed by atoms with Gasteiger partial charge in [0.1, 0.15) is 18.1 Å². The minimum Gasteiger partial charge on any atom is -0.456 e. The molecule has 0 radical (unpaired) electrons. The Hall–Kier alpha value is -2.73. The zero-order valence-electron chi connectivity index (χ0n) is 11.5. The Morgan fingerprint density at radius 2 is 1.91 bits per heavy atom. The van der Waals surface area contributed by atoms with Crippen LogP contribution in [0.3, 0.4) is 0 Å². The molecule has 0 aliphatic carbocycles. The molecular weight excluding hydrogens is 300 g/mol. The van der Waals surface area contributed by atoms with Crippen LogP contribution in [0.2, 0.25) is 0 Å². The molecule has 0 bridgehead atoms. The summed E-state index contributed by atoms with van der Waals surface area (Å²) in [4.78, 5) is 20.7. The van der Waals surface area contributed by atoms with Gasteiger partial charge in [-0.2, -0.15) is 0 Å². The van der Waals surface area contributed by atoms with Crippen molar-refractivity contribution >= 4 is 17.3 Å². The third-order valence-corrected chi connectivity index (χ3v) is 3.54. The molecule has 2 heterocycles. The number of carbonyl (C=O) groups is 1. The number of thiazole rings is 1. The summed E-state index contributed by atoms with van der Waals surface area (Å²) in [6.45, 7) is 0.234. The van der Waals surface area contributed by atoms with E-state index in [9.17, 15) is 4.79 Å². The molecule has 0 amide bonds. The lowest BCUT2D eigenvalue weighted by molar-refractivity contribution is 0.0476. The smallest absolute Gasteiger partial charge is 0.338 e. The summed E-state index contributed by atoms with van der Waals surface area (Å²) in [5.74, 6) is 0.899. The van der Waals surface area contributed by atoms with Crippen LogP contribution in [0.4, 0.5) is 0 Å². The predicted octanol–water partition coefficient (Wildman–Crippen LogP) is 3.69. The number of hydrogen-bond donors (Lipinski definition) is 0. The van der Waals surface area contributed by atoms with Crippen LogP contribution in [0.5, 0.6) is 11.5 Å². The summed E-state index contributed by atoms with van der Waals surface area (Å²) in [6.07, 6.45) is 4.98. The van der Waals surface area contributed by atoms with E-state index >= 15 is 0 Å². The van der Waals surface area contributed by atoms with Crippen molar-refractivity contribution < 1.29 is 14.3 Å². The molecule has 5 nitrogen and oxygen atoms in total. The third-order valence-electron chi connectivity index (χ3n) is 2.79. The molecule has 3 rings (SSSR count). The fourth-order valence-corrected chi connectivity index (χ4v) is 2.24. The van der Waals surface area contributed by atoms with Crippen molar-refractivity contribution in [3.8, 4) is 11.5 Å². The first-order valence-corrected chi connectivity index (χ1v) is 7.42. The maximum atomic E-state index is 11.9. The van der Waals surface area contributed by atoms with Crippen molar-refractivity contribution in [3.63, 3.8) is 0 Å². The summed E-state index contributed by atoms with van der Waals surface area (Å²) >= 11 is 1.45. The second kappa shape index (κ2) is 6.82. The molecule has 0 unspecified atom stereocenters. The van der Waals surface area contributed by atoms with Gasteiger partial charge < -0.3 is 9.47 Å². The molecule has 6 heteroatoms. The minimum atomic E-state index is -0.374. The molecule has 2 aromatic heterocycles. The van der Waals surface area contributed by atoms with Crippen LogP contribution in [0.1, 0.15) is 15.2 Å². The predicted molar refractivity (Wildman–Crippen MR) is 82.0 cm³/mol. The fourth-order valence-electron chi connectivity index (χ4n) is 1.74. The zero-order chi connectivity index (χ0) is 15.2. The number of ether oxygens (including phenoxy) is 2. The standard InChI is InChI=1S/C16H12N2O3S/c19-16(20-10-15-9-18-11-22-15)12-3-5-13(6-4-12)21-14-2-1-7-17-8-14/h1-9,11H,10H2. The van der Waals surface area contributed by atoms with E-state index in [0.717, 1.165) is 4.88 Å². The van der Waals surface area contributed by atoms with Crippen LogP contribution in [0, 0.1) is 0 Å². The molecule has 22 heavy (non-hydrogen) atoms. The quantitative estimate of drug-likeness (QED) is 0.672. The molecule has 0 fully saturated rings. The summed E-state index contributed by atoms with van der Waals surface area (Å²) in [7, 11) is 0. The second-order valence-corrected chi connectivity index (χ2v) is 5.33. The van der Waals surface area contributed by atoms with E-state index in [1.807, 2.05) is 6.07 Å². The van der Waals surface area contributed by atoms with Gasteiger partial charge in [-0.15, -0.1) is 11.3 Å². The van der Waals surface area contributed by atoms with Gasteiger partial charge in [0.25, 0.3) is 0 Å². The van der Waals surface area contributed by atoms with Gasteiger partial charge in [0.2, 0.25) is 0 Å².